The van der Waals surface area contributed by atoms with E-state index in [1.165, 1.54) is 12.3 Å². The molecule has 1 aliphatic heterocycles. The van der Waals surface area contributed by atoms with Crippen LogP contribution in [-0.2, 0) is 0 Å². The van der Waals surface area contributed by atoms with Crippen LogP contribution in [0.15, 0.2) is 42.6 Å². The molecule has 0 atom stereocenters. The Balaban J connectivity index is 1.71. The molecule has 0 fully saturated rings. The highest BCUT2D eigenvalue weighted by Crippen LogP contribution is 2.36. The standard InChI is InChI=1S/C15H10FN3O2/c16-15-6-10(3-4-17-15)12-7-11(18-19-12)9-1-2-13-14(5-9)21-8-20-13/h1-7H,8H2,(H,18,19)/i16-1. The number of pyridine rings is 1. The van der Waals surface area contributed by atoms with Gasteiger partial charge in [0.15, 0.2) is 11.5 Å². The molecular formula is C15H10FN3O2. The minimum absolute atomic E-state index is 0.237. The first-order valence-corrected chi connectivity index (χ1v) is 6.37. The summed E-state index contributed by atoms with van der Waals surface area (Å²) in [5.74, 6) is 0.907. The van der Waals surface area contributed by atoms with E-state index in [1.54, 1.807) is 6.07 Å². The number of aromatic nitrogens is 3. The maximum absolute atomic E-state index is 13.2. The van der Waals surface area contributed by atoms with E-state index in [0.717, 1.165) is 22.7 Å². The third kappa shape index (κ3) is 2.10. The van der Waals surface area contributed by atoms with Crippen LogP contribution in [0.2, 0.25) is 0 Å². The van der Waals surface area contributed by atoms with Gasteiger partial charge in [-0.25, -0.2) is 4.98 Å². The third-order valence-electron chi connectivity index (χ3n) is 3.28. The Bertz CT molecular complexity index is 816. The summed E-state index contributed by atoms with van der Waals surface area (Å²) in [6.45, 7) is 0.237. The normalized spacial score (nSPS) is 12.6. The van der Waals surface area contributed by atoms with Gasteiger partial charge >= 0.3 is 0 Å². The Hall–Kier alpha value is -2.89. The average molecular weight is 282 g/mol. The lowest BCUT2D eigenvalue weighted by atomic mass is 10.1. The number of ether oxygens (including phenoxy) is 2. The van der Waals surface area contributed by atoms with Crippen molar-refractivity contribution in [2.24, 2.45) is 0 Å². The highest BCUT2D eigenvalue weighted by atomic mass is 18.2. The van der Waals surface area contributed by atoms with Crippen LogP contribution in [-0.4, -0.2) is 22.0 Å². The minimum atomic E-state index is -0.522. The molecule has 0 saturated heterocycles. The molecule has 0 unspecified atom stereocenters. The van der Waals surface area contributed by atoms with Crippen molar-refractivity contribution in [3.05, 3.63) is 48.5 Å². The van der Waals surface area contributed by atoms with E-state index in [-0.39, 0.29) is 6.79 Å². The molecule has 3 heterocycles. The zero-order chi connectivity index (χ0) is 14.2. The van der Waals surface area contributed by atoms with Crippen LogP contribution >= 0.6 is 0 Å². The molecule has 1 N–H and O–H groups in total. The first-order chi connectivity index (χ1) is 10.3. The Kier molecular flexibility index (Phi) is 2.60. The first-order valence-electron chi connectivity index (χ1n) is 6.37. The van der Waals surface area contributed by atoms with Crippen LogP contribution in [0, 0.1) is 5.95 Å². The van der Waals surface area contributed by atoms with Gasteiger partial charge in [-0.15, -0.1) is 0 Å². The van der Waals surface area contributed by atoms with E-state index in [2.05, 4.69) is 15.2 Å². The molecule has 2 aromatic heterocycles. The summed E-state index contributed by atoms with van der Waals surface area (Å²) in [7, 11) is 0. The van der Waals surface area contributed by atoms with Crippen molar-refractivity contribution < 1.29 is 13.9 Å². The smallest absolute Gasteiger partial charge is 0.231 e. The fraction of sp³-hybridized carbons (Fsp3) is 0.0667. The number of halogens is 1. The highest BCUT2D eigenvalue weighted by molar-refractivity contribution is 5.70. The van der Waals surface area contributed by atoms with Gasteiger partial charge in [0.1, 0.15) is 0 Å². The molecule has 0 spiro atoms. The fourth-order valence-electron chi connectivity index (χ4n) is 2.24. The van der Waals surface area contributed by atoms with Gasteiger partial charge in [0.05, 0.1) is 11.4 Å². The summed E-state index contributed by atoms with van der Waals surface area (Å²) in [5.41, 5.74) is 3.07. The van der Waals surface area contributed by atoms with Gasteiger partial charge in [-0.1, -0.05) is 0 Å². The van der Waals surface area contributed by atoms with Crippen LogP contribution in [0.5, 0.6) is 11.5 Å². The van der Waals surface area contributed by atoms with Gasteiger partial charge < -0.3 is 9.47 Å². The topological polar surface area (TPSA) is 60.0 Å². The number of benzene rings is 1. The Labute approximate surface area is 119 Å². The van der Waals surface area contributed by atoms with E-state index < -0.39 is 5.95 Å². The quantitative estimate of drug-likeness (QED) is 0.734. The van der Waals surface area contributed by atoms with Crippen molar-refractivity contribution in [2.75, 3.05) is 6.79 Å². The Morgan fingerprint density at radius 3 is 2.81 bits per heavy atom. The van der Waals surface area contributed by atoms with Crippen molar-refractivity contribution in [1.29, 1.82) is 0 Å². The molecule has 4 rings (SSSR count). The molecular weight excluding hydrogens is 272 g/mol. The Morgan fingerprint density at radius 1 is 1.00 bits per heavy atom. The molecule has 0 radical (unpaired) electrons. The van der Waals surface area contributed by atoms with Gasteiger partial charge in [-0.3, -0.25) is 5.10 Å². The van der Waals surface area contributed by atoms with E-state index in [0.29, 0.717) is 11.3 Å². The first kappa shape index (κ1) is 11.9. The number of hydrogen-bond donors (Lipinski definition) is 1. The van der Waals surface area contributed by atoms with Gasteiger partial charge in [-0.05, 0) is 30.3 Å². The van der Waals surface area contributed by atoms with Crippen LogP contribution in [0.4, 0.5) is 4.39 Å². The summed E-state index contributed by atoms with van der Waals surface area (Å²) >= 11 is 0. The molecule has 6 heteroatoms. The number of hydrogen-bond acceptors (Lipinski definition) is 4. The van der Waals surface area contributed by atoms with E-state index >= 15 is 0 Å². The molecule has 1 aliphatic rings. The second-order valence-corrected chi connectivity index (χ2v) is 4.60. The fourth-order valence-corrected chi connectivity index (χ4v) is 2.24. The van der Waals surface area contributed by atoms with Crippen LogP contribution in [0.25, 0.3) is 22.5 Å². The van der Waals surface area contributed by atoms with Crippen LogP contribution in [0.3, 0.4) is 0 Å². The number of rotatable bonds is 2. The molecule has 0 amide bonds. The summed E-state index contributed by atoms with van der Waals surface area (Å²) in [6, 6.07) is 10.6. The van der Waals surface area contributed by atoms with Crippen molar-refractivity contribution in [3.63, 3.8) is 0 Å². The molecule has 0 bridgehead atoms. The van der Waals surface area contributed by atoms with Gasteiger partial charge in [0.2, 0.25) is 12.7 Å². The van der Waals surface area contributed by atoms with Gasteiger partial charge in [-0.2, -0.15) is 9.49 Å². The number of nitrogens with zero attached hydrogens (tertiary/aromatic N) is 2. The SMILES string of the molecule is [18F]c1cc(-c2cc(-c3ccc4c(c3)OCO4)n[nH]2)ccn1. The zero-order valence-electron chi connectivity index (χ0n) is 10.8. The monoisotopic (exact) mass is 282 g/mol. The van der Waals surface area contributed by atoms with E-state index in [1.807, 2.05) is 24.3 Å². The lowest BCUT2D eigenvalue weighted by Crippen LogP contribution is -1.92. The predicted molar refractivity (Wildman–Crippen MR) is 73.3 cm³/mol. The Morgan fingerprint density at radius 2 is 1.90 bits per heavy atom. The molecule has 0 saturated carbocycles. The number of nitrogens with one attached hydrogen (secondary N) is 1. The zero-order valence-corrected chi connectivity index (χ0v) is 10.8. The van der Waals surface area contributed by atoms with Crippen molar-refractivity contribution in [2.45, 2.75) is 0 Å². The number of fused-ring (bicyclic) bond motifs is 1. The number of aromatic amines is 1. The molecule has 0 aliphatic carbocycles. The lowest BCUT2D eigenvalue weighted by molar-refractivity contribution is 0.174. The van der Waals surface area contributed by atoms with E-state index in [9.17, 15) is 4.39 Å². The average Bonchev–Trinajstić information content (AvgIpc) is 3.15. The summed E-state index contributed by atoms with van der Waals surface area (Å²) in [4.78, 5) is 3.54. The number of H-pyrrole nitrogens is 1. The maximum atomic E-state index is 13.2. The summed E-state index contributed by atoms with van der Waals surface area (Å²) in [6.07, 6.45) is 1.42. The van der Waals surface area contributed by atoms with Crippen molar-refractivity contribution in [1.82, 2.24) is 15.2 Å². The molecule has 104 valence electrons. The predicted octanol–water partition coefficient (Wildman–Crippen LogP) is 3.01. The van der Waals surface area contributed by atoms with Crippen molar-refractivity contribution >= 4 is 0 Å². The molecule has 21 heavy (non-hydrogen) atoms. The van der Waals surface area contributed by atoms with Crippen LogP contribution in [0.1, 0.15) is 0 Å². The van der Waals surface area contributed by atoms with E-state index in [4.69, 9.17) is 9.47 Å². The largest absolute Gasteiger partial charge is 0.454 e. The third-order valence-corrected chi connectivity index (χ3v) is 3.28. The second kappa shape index (κ2) is 4.59. The molecule has 5 nitrogen and oxygen atoms in total. The maximum Gasteiger partial charge on any atom is 0.231 e. The summed E-state index contributed by atoms with van der Waals surface area (Å²) in [5, 5.41) is 7.15. The molecule has 3 aromatic rings. The van der Waals surface area contributed by atoms with Gasteiger partial charge in [0.25, 0.3) is 0 Å². The summed E-state index contributed by atoms with van der Waals surface area (Å²) < 4.78 is 23.8. The minimum Gasteiger partial charge on any atom is -0.454 e. The molecule has 1 aromatic carbocycles. The van der Waals surface area contributed by atoms with Crippen molar-refractivity contribution in [3.8, 4) is 34.0 Å². The van der Waals surface area contributed by atoms with Crippen LogP contribution < -0.4 is 9.47 Å². The lowest BCUT2D eigenvalue weighted by Gasteiger charge is -1.99. The second-order valence-electron chi connectivity index (χ2n) is 4.60. The highest BCUT2D eigenvalue weighted by Gasteiger charge is 2.15. The van der Waals surface area contributed by atoms with Gasteiger partial charge in [0, 0.05) is 23.4 Å².